The summed E-state index contributed by atoms with van der Waals surface area (Å²) >= 11 is 0. The van der Waals surface area contributed by atoms with Gasteiger partial charge in [0.1, 0.15) is 0 Å². The highest BCUT2D eigenvalue weighted by molar-refractivity contribution is 5.69. The van der Waals surface area contributed by atoms with E-state index < -0.39 is 4.92 Å². The van der Waals surface area contributed by atoms with Gasteiger partial charge in [0.25, 0.3) is 0 Å². The molecule has 7 nitrogen and oxygen atoms in total. The average Bonchev–Trinajstić information content (AvgIpc) is 2.46. The predicted octanol–water partition coefficient (Wildman–Crippen LogP) is 0.932. The molecule has 1 aliphatic heterocycles. The van der Waals surface area contributed by atoms with Crippen LogP contribution in [0.5, 0.6) is 5.75 Å². The molecule has 0 unspecified atom stereocenters. The van der Waals surface area contributed by atoms with Crippen molar-refractivity contribution in [1.82, 2.24) is 0 Å². The molecule has 1 heterocycles. The zero-order chi connectivity index (χ0) is 13.8. The van der Waals surface area contributed by atoms with Gasteiger partial charge in [-0.25, -0.2) is 0 Å². The summed E-state index contributed by atoms with van der Waals surface area (Å²) in [5, 5.41) is 20.3. The summed E-state index contributed by atoms with van der Waals surface area (Å²) in [5.74, 6) is 0.226. The van der Waals surface area contributed by atoms with Crippen molar-refractivity contribution in [2.75, 3.05) is 38.3 Å². The molecule has 0 aliphatic carbocycles. The van der Waals surface area contributed by atoms with Crippen LogP contribution in [-0.2, 0) is 11.3 Å². The van der Waals surface area contributed by atoms with Gasteiger partial charge in [-0.05, 0) is 11.6 Å². The number of hydrogen-bond donors (Lipinski definition) is 1. The monoisotopic (exact) mass is 268 g/mol. The summed E-state index contributed by atoms with van der Waals surface area (Å²) in [6, 6.07) is 3.06. The number of hydrogen-bond acceptors (Lipinski definition) is 6. The molecule has 0 atom stereocenters. The van der Waals surface area contributed by atoms with Gasteiger partial charge >= 0.3 is 5.69 Å². The standard InChI is InChI=1S/C12H16N2O5/c1-18-12-10(13-2-4-19-5-3-13)6-9(8-15)7-11(12)14(16)17/h6-7,15H,2-5,8H2,1H3. The third-order valence-corrected chi connectivity index (χ3v) is 3.04. The zero-order valence-corrected chi connectivity index (χ0v) is 10.7. The topological polar surface area (TPSA) is 85.1 Å². The van der Waals surface area contributed by atoms with E-state index in [4.69, 9.17) is 9.47 Å². The highest BCUT2D eigenvalue weighted by Gasteiger charge is 2.24. The number of methoxy groups -OCH3 is 1. The van der Waals surface area contributed by atoms with E-state index in [1.165, 1.54) is 13.2 Å². The summed E-state index contributed by atoms with van der Waals surface area (Å²) in [6.45, 7) is 2.17. The van der Waals surface area contributed by atoms with E-state index in [1.807, 2.05) is 4.90 Å². The van der Waals surface area contributed by atoms with Gasteiger partial charge in [-0.15, -0.1) is 0 Å². The van der Waals surface area contributed by atoms with Crippen LogP contribution in [0.4, 0.5) is 11.4 Å². The fraction of sp³-hybridized carbons (Fsp3) is 0.500. The van der Waals surface area contributed by atoms with Crippen molar-refractivity contribution >= 4 is 11.4 Å². The van der Waals surface area contributed by atoms with E-state index in [-0.39, 0.29) is 18.0 Å². The molecule has 104 valence electrons. The Hall–Kier alpha value is -1.86. The van der Waals surface area contributed by atoms with E-state index in [2.05, 4.69) is 0 Å². The van der Waals surface area contributed by atoms with Gasteiger partial charge in [0, 0.05) is 19.2 Å². The minimum absolute atomic E-state index is 0.129. The molecule has 1 fully saturated rings. The van der Waals surface area contributed by atoms with Gasteiger partial charge in [0.2, 0.25) is 5.75 Å². The first kappa shape index (κ1) is 13.6. The second-order valence-electron chi connectivity index (χ2n) is 4.18. The van der Waals surface area contributed by atoms with Crippen LogP contribution in [0.3, 0.4) is 0 Å². The molecule has 19 heavy (non-hydrogen) atoms. The average molecular weight is 268 g/mol. The highest BCUT2D eigenvalue weighted by atomic mass is 16.6. The van der Waals surface area contributed by atoms with Crippen molar-refractivity contribution in [3.05, 3.63) is 27.8 Å². The molecule has 2 rings (SSSR count). The predicted molar refractivity (Wildman–Crippen MR) is 68.6 cm³/mol. The first-order chi connectivity index (χ1) is 9.17. The second kappa shape index (κ2) is 5.85. The van der Waals surface area contributed by atoms with Crippen molar-refractivity contribution in [3.8, 4) is 5.75 Å². The van der Waals surface area contributed by atoms with Crippen LogP contribution in [0.15, 0.2) is 12.1 Å². The molecule has 1 saturated heterocycles. The molecule has 0 saturated carbocycles. The largest absolute Gasteiger partial charge is 0.489 e. The summed E-state index contributed by atoms with van der Waals surface area (Å²) in [7, 11) is 1.41. The van der Waals surface area contributed by atoms with Gasteiger partial charge in [-0.3, -0.25) is 10.1 Å². The summed E-state index contributed by atoms with van der Waals surface area (Å²) in [6.07, 6.45) is 0. The molecule has 7 heteroatoms. The van der Waals surface area contributed by atoms with Gasteiger partial charge in [-0.2, -0.15) is 0 Å². The summed E-state index contributed by atoms with van der Waals surface area (Å²) in [4.78, 5) is 12.6. The number of aliphatic hydroxyl groups is 1. The molecule has 1 N–H and O–H groups in total. The Morgan fingerprint density at radius 3 is 2.68 bits per heavy atom. The van der Waals surface area contributed by atoms with Crippen LogP contribution in [0, 0.1) is 10.1 Å². The Kier molecular flexibility index (Phi) is 4.18. The first-order valence-corrected chi connectivity index (χ1v) is 5.96. The zero-order valence-electron chi connectivity index (χ0n) is 10.7. The van der Waals surface area contributed by atoms with Crippen LogP contribution in [0.25, 0.3) is 0 Å². The van der Waals surface area contributed by atoms with E-state index in [0.717, 1.165) is 0 Å². The first-order valence-electron chi connectivity index (χ1n) is 5.96. The van der Waals surface area contributed by atoms with E-state index in [1.54, 1.807) is 6.07 Å². The Morgan fingerprint density at radius 2 is 2.16 bits per heavy atom. The van der Waals surface area contributed by atoms with Crippen molar-refractivity contribution < 1.29 is 19.5 Å². The highest BCUT2D eigenvalue weighted by Crippen LogP contribution is 2.39. The molecule has 1 aliphatic rings. The summed E-state index contributed by atoms with van der Waals surface area (Å²) in [5.41, 5.74) is 0.994. The van der Waals surface area contributed by atoms with Crippen LogP contribution in [-0.4, -0.2) is 43.4 Å². The summed E-state index contributed by atoms with van der Waals surface area (Å²) < 4.78 is 10.4. The minimum Gasteiger partial charge on any atom is -0.489 e. The fourth-order valence-corrected chi connectivity index (χ4v) is 2.13. The van der Waals surface area contributed by atoms with Crippen LogP contribution < -0.4 is 9.64 Å². The van der Waals surface area contributed by atoms with Crippen molar-refractivity contribution in [1.29, 1.82) is 0 Å². The molecule has 0 radical (unpaired) electrons. The molecular weight excluding hydrogens is 252 g/mol. The number of rotatable bonds is 4. The van der Waals surface area contributed by atoms with Crippen LogP contribution in [0.1, 0.15) is 5.56 Å². The molecule has 0 amide bonds. The van der Waals surface area contributed by atoms with Gasteiger partial charge in [0.15, 0.2) is 0 Å². The lowest BCUT2D eigenvalue weighted by molar-refractivity contribution is -0.385. The van der Waals surface area contributed by atoms with Crippen molar-refractivity contribution in [2.24, 2.45) is 0 Å². The Labute approximate surface area is 110 Å². The number of ether oxygens (including phenoxy) is 2. The quantitative estimate of drug-likeness (QED) is 0.646. The lowest BCUT2D eigenvalue weighted by Crippen LogP contribution is -2.36. The Balaban J connectivity index is 2.49. The maximum absolute atomic E-state index is 11.1. The smallest absolute Gasteiger partial charge is 0.313 e. The van der Waals surface area contributed by atoms with Crippen molar-refractivity contribution in [2.45, 2.75) is 6.61 Å². The van der Waals surface area contributed by atoms with Crippen molar-refractivity contribution in [3.63, 3.8) is 0 Å². The lowest BCUT2D eigenvalue weighted by atomic mass is 10.1. The molecular formula is C12H16N2O5. The Bertz CT molecular complexity index is 471. The number of aliphatic hydroxyl groups excluding tert-OH is 1. The van der Waals surface area contributed by atoms with Gasteiger partial charge < -0.3 is 19.5 Å². The lowest BCUT2D eigenvalue weighted by Gasteiger charge is -2.30. The second-order valence-corrected chi connectivity index (χ2v) is 4.18. The minimum atomic E-state index is -0.498. The molecule has 0 bridgehead atoms. The maximum atomic E-state index is 11.1. The maximum Gasteiger partial charge on any atom is 0.313 e. The van der Waals surface area contributed by atoms with E-state index >= 15 is 0 Å². The third kappa shape index (κ3) is 2.77. The van der Waals surface area contributed by atoms with Crippen LogP contribution >= 0.6 is 0 Å². The number of nitrogens with zero attached hydrogens (tertiary/aromatic N) is 2. The molecule has 0 spiro atoms. The number of benzene rings is 1. The fourth-order valence-electron chi connectivity index (χ4n) is 2.13. The number of nitro benzene ring substituents is 1. The van der Waals surface area contributed by atoms with Gasteiger partial charge in [0.05, 0.1) is 37.5 Å². The SMILES string of the molecule is COc1c(N2CCOCC2)cc(CO)cc1[N+](=O)[O-]. The Morgan fingerprint density at radius 1 is 1.47 bits per heavy atom. The van der Waals surface area contributed by atoms with Crippen LogP contribution in [0.2, 0.25) is 0 Å². The third-order valence-electron chi connectivity index (χ3n) is 3.04. The normalized spacial score (nSPS) is 15.4. The number of nitro groups is 1. The van der Waals surface area contributed by atoms with E-state index in [0.29, 0.717) is 37.6 Å². The number of anilines is 1. The number of morpholine rings is 1. The molecule has 0 aromatic heterocycles. The van der Waals surface area contributed by atoms with E-state index in [9.17, 15) is 15.2 Å². The molecule has 1 aromatic rings. The molecule has 1 aromatic carbocycles. The van der Waals surface area contributed by atoms with Gasteiger partial charge in [-0.1, -0.05) is 0 Å².